The summed E-state index contributed by atoms with van der Waals surface area (Å²) >= 11 is 0. The molecule has 0 fully saturated rings. The van der Waals surface area contributed by atoms with Crippen LogP contribution < -0.4 is 5.32 Å². The Morgan fingerprint density at radius 1 is 1.39 bits per heavy atom. The average Bonchev–Trinajstić information content (AvgIpc) is 2.39. The van der Waals surface area contributed by atoms with Gasteiger partial charge in [-0.1, -0.05) is 5.11 Å². The zero-order valence-electron chi connectivity index (χ0n) is 13.6. The first kappa shape index (κ1) is 18.5. The number of carbonyl (C=O) groups is 2. The number of ether oxygens (including phenoxy) is 1. The molecule has 0 saturated carbocycles. The summed E-state index contributed by atoms with van der Waals surface area (Å²) in [6, 6.07) is 2.90. The number of carboxylic acids is 1. The zero-order chi connectivity index (χ0) is 17.6. The van der Waals surface area contributed by atoms with Crippen LogP contribution in [0.1, 0.15) is 42.3 Å². The minimum absolute atomic E-state index is 0.00907. The summed E-state index contributed by atoms with van der Waals surface area (Å²) < 4.78 is 5.17. The zero-order valence-corrected chi connectivity index (χ0v) is 13.6. The minimum atomic E-state index is -1.11. The second kappa shape index (κ2) is 7.62. The van der Waals surface area contributed by atoms with Crippen molar-refractivity contribution in [3.05, 3.63) is 39.3 Å². The van der Waals surface area contributed by atoms with Crippen LogP contribution in [0.15, 0.2) is 17.2 Å². The van der Waals surface area contributed by atoms with Crippen LogP contribution in [0.5, 0.6) is 0 Å². The number of nitrogens with one attached hydrogen (secondary N) is 1. The van der Waals surface area contributed by atoms with Crippen LogP contribution in [0.25, 0.3) is 10.4 Å². The third-order valence-electron chi connectivity index (χ3n) is 2.90. The first-order valence-corrected chi connectivity index (χ1v) is 6.98. The van der Waals surface area contributed by atoms with E-state index in [0.717, 1.165) is 0 Å². The molecule has 0 aliphatic carbocycles. The first-order valence-electron chi connectivity index (χ1n) is 6.98. The van der Waals surface area contributed by atoms with Crippen molar-refractivity contribution >= 4 is 17.6 Å². The SMILES string of the molecule is Cc1c(CNCC(=O)OC(C)(C)C)cc(N=[N+]=[N-])cc1C(=O)O. The van der Waals surface area contributed by atoms with Crippen molar-refractivity contribution in [2.24, 2.45) is 5.11 Å². The molecule has 124 valence electrons. The molecule has 1 aromatic carbocycles. The van der Waals surface area contributed by atoms with Crippen LogP contribution in [0.4, 0.5) is 5.69 Å². The normalized spacial score (nSPS) is 10.8. The third kappa shape index (κ3) is 5.98. The first-order chi connectivity index (χ1) is 10.6. The van der Waals surface area contributed by atoms with Gasteiger partial charge in [0.05, 0.1) is 12.1 Å². The molecule has 0 radical (unpaired) electrons. The highest BCUT2D eigenvalue weighted by Crippen LogP contribution is 2.23. The van der Waals surface area contributed by atoms with E-state index in [4.69, 9.17) is 10.3 Å². The molecule has 0 aromatic heterocycles. The predicted octanol–water partition coefficient (Wildman–Crippen LogP) is 3.07. The fourth-order valence-electron chi connectivity index (χ4n) is 1.95. The molecule has 0 aliphatic heterocycles. The molecule has 0 saturated heterocycles. The van der Waals surface area contributed by atoms with Crippen LogP contribution in [0, 0.1) is 6.92 Å². The fraction of sp³-hybridized carbons (Fsp3) is 0.467. The Morgan fingerprint density at radius 2 is 2.04 bits per heavy atom. The largest absolute Gasteiger partial charge is 0.478 e. The Morgan fingerprint density at radius 3 is 2.57 bits per heavy atom. The van der Waals surface area contributed by atoms with E-state index in [1.54, 1.807) is 33.8 Å². The number of carboxylic acid groups (broad SMARTS) is 1. The molecule has 0 unspecified atom stereocenters. The summed E-state index contributed by atoms with van der Waals surface area (Å²) in [7, 11) is 0. The summed E-state index contributed by atoms with van der Waals surface area (Å²) in [6.45, 7) is 7.23. The van der Waals surface area contributed by atoms with Crippen molar-refractivity contribution < 1.29 is 19.4 Å². The molecule has 0 aliphatic rings. The van der Waals surface area contributed by atoms with Gasteiger partial charge in [-0.3, -0.25) is 4.79 Å². The van der Waals surface area contributed by atoms with Crippen LogP contribution in [0.3, 0.4) is 0 Å². The number of carbonyl (C=O) groups excluding carboxylic acids is 1. The fourth-order valence-corrected chi connectivity index (χ4v) is 1.95. The number of hydrogen-bond acceptors (Lipinski definition) is 5. The summed E-state index contributed by atoms with van der Waals surface area (Å²) in [5.74, 6) is -1.51. The Bertz CT molecular complexity index is 658. The monoisotopic (exact) mass is 320 g/mol. The van der Waals surface area contributed by atoms with E-state index in [0.29, 0.717) is 11.1 Å². The molecule has 0 spiro atoms. The van der Waals surface area contributed by atoms with Gasteiger partial charge < -0.3 is 15.2 Å². The highest BCUT2D eigenvalue weighted by molar-refractivity contribution is 5.91. The lowest BCUT2D eigenvalue weighted by Gasteiger charge is -2.19. The lowest BCUT2D eigenvalue weighted by atomic mass is 10.0. The van der Waals surface area contributed by atoms with Gasteiger partial charge in [0.15, 0.2) is 0 Å². The maximum atomic E-state index is 11.6. The van der Waals surface area contributed by atoms with Crippen LogP contribution in [-0.2, 0) is 16.1 Å². The molecular formula is C15H20N4O4. The van der Waals surface area contributed by atoms with Crippen molar-refractivity contribution in [1.29, 1.82) is 0 Å². The Kier molecular flexibility index (Phi) is 6.12. The number of esters is 1. The summed E-state index contributed by atoms with van der Waals surface area (Å²) in [4.78, 5) is 25.5. The van der Waals surface area contributed by atoms with Gasteiger partial charge in [0.2, 0.25) is 0 Å². The van der Waals surface area contributed by atoms with E-state index >= 15 is 0 Å². The van der Waals surface area contributed by atoms with E-state index in [-0.39, 0.29) is 24.3 Å². The maximum Gasteiger partial charge on any atom is 0.335 e. The van der Waals surface area contributed by atoms with Gasteiger partial charge >= 0.3 is 11.9 Å². The molecule has 8 heteroatoms. The maximum absolute atomic E-state index is 11.6. The van der Waals surface area contributed by atoms with Crippen LogP contribution in [0.2, 0.25) is 0 Å². The molecular weight excluding hydrogens is 300 g/mol. The number of benzene rings is 1. The third-order valence-corrected chi connectivity index (χ3v) is 2.90. The van der Waals surface area contributed by atoms with Gasteiger partial charge in [0.25, 0.3) is 0 Å². The number of rotatable bonds is 6. The van der Waals surface area contributed by atoms with Crippen molar-refractivity contribution in [3.8, 4) is 0 Å². The van der Waals surface area contributed by atoms with Gasteiger partial charge in [-0.2, -0.15) is 0 Å². The molecule has 0 bridgehead atoms. The standard InChI is InChI=1S/C15H20N4O4/c1-9-10(7-17-8-13(20)23-15(2,3)4)5-11(18-19-16)6-12(9)14(21)22/h5-6,17H,7-8H2,1-4H3,(H,21,22). The number of nitrogens with zero attached hydrogens (tertiary/aromatic N) is 3. The number of hydrogen-bond donors (Lipinski definition) is 2. The Labute approximate surface area is 134 Å². The van der Waals surface area contributed by atoms with Gasteiger partial charge in [0.1, 0.15) is 5.60 Å². The van der Waals surface area contributed by atoms with Crippen molar-refractivity contribution in [2.75, 3.05) is 6.54 Å². The van der Waals surface area contributed by atoms with E-state index in [9.17, 15) is 14.7 Å². The van der Waals surface area contributed by atoms with Gasteiger partial charge in [-0.15, -0.1) is 0 Å². The Hall–Kier alpha value is -2.57. The molecule has 2 N–H and O–H groups in total. The second-order valence-electron chi connectivity index (χ2n) is 5.96. The quantitative estimate of drug-likeness (QED) is 0.360. The predicted molar refractivity (Wildman–Crippen MR) is 84.5 cm³/mol. The van der Waals surface area contributed by atoms with Crippen LogP contribution >= 0.6 is 0 Å². The lowest BCUT2D eigenvalue weighted by molar-refractivity contribution is -0.153. The molecule has 1 rings (SSSR count). The smallest absolute Gasteiger partial charge is 0.335 e. The topological polar surface area (TPSA) is 124 Å². The van der Waals surface area contributed by atoms with Gasteiger partial charge in [-0.25, -0.2) is 4.79 Å². The van der Waals surface area contributed by atoms with Crippen molar-refractivity contribution in [2.45, 2.75) is 39.8 Å². The van der Waals surface area contributed by atoms with E-state index in [1.165, 1.54) is 6.07 Å². The van der Waals surface area contributed by atoms with Gasteiger partial charge in [-0.05, 0) is 56.5 Å². The van der Waals surface area contributed by atoms with Crippen molar-refractivity contribution in [3.63, 3.8) is 0 Å². The van der Waals surface area contributed by atoms with Crippen molar-refractivity contribution in [1.82, 2.24) is 5.32 Å². The minimum Gasteiger partial charge on any atom is -0.478 e. The average molecular weight is 320 g/mol. The van der Waals surface area contributed by atoms with Gasteiger partial charge in [0, 0.05) is 17.1 Å². The van der Waals surface area contributed by atoms with Crippen LogP contribution in [-0.4, -0.2) is 29.2 Å². The number of azide groups is 1. The summed E-state index contributed by atoms with van der Waals surface area (Å²) in [6.07, 6.45) is 0. The summed E-state index contributed by atoms with van der Waals surface area (Å²) in [5, 5.41) is 15.5. The van der Waals surface area contributed by atoms with E-state index < -0.39 is 17.5 Å². The Balaban J connectivity index is 2.85. The lowest BCUT2D eigenvalue weighted by Crippen LogP contribution is -2.31. The second-order valence-corrected chi connectivity index (χ2v) is 5.96. The molecule has 1 aromatic rings. The highest BCUT2D eigenvalue weighted by atomic mass is 16.6. The molecule has 0 heterocycles. The number of aromatic carboxylic acids is 1. The summed E-state index contributed by atoms with van der Waals surface area (Å²) in [5.41, 5.74) is 9.39. The molecule has 0 amide bonds. The molecule has 23 heavy (non-hydrogen) atoms. The van der Waals surface area contributed by atoms with E-state index in [1.807, 2.05) is 0 Å². The molecule has 0 atom stereocenters. The van der Waals surface area contributed by atoms with E-state index in [2.05, 4.69) is 15.3 Å². The molecule has 8 nitrogen and oxygen atoms in total. The highest BCUT2D eigenvalue weighted by Gasteiger charge is 2.16.